The predicted octanol–water partition coefficient (Wildman–Crippen LogP) is 2.84. The van der Waals surface area contributed by atoms with Gasteiger partial charge in [0.25, 0.3) is 0 Å². The molecule has 0 aliphatic carbocycles. The predicted molar refractivity (Wildman–Crippen MR) is 53.8 cm³/mol. The van der Waals surface area contributed by atoms with Crippen LogP contribution >= 0.6 is 23.1 Å². The second-order valence-electron chi connectivity index (χ2n) is 2.67. The van der Waals surface area contributed by atoms with Crippen molar-refractivity contribution in [3.63, 3.8) is 0 Å². The van der Waals surface area contributed by atoms with Crippen LogP contribution in [0.3, 0.4) is 0 Å². The Morgan fingerprint density at radius 3 is 3.00 bits per heavy atom. The van der Waals surface area contributed by atoms with E-state index in [0.717, 1.165) is 20.7 Å². The zero-order valence-electron chi connectivity index (χ0n) is 6.47. The average Bonchev–Trinajstić information content (AvgIpc) is 2.35. The smallest absolute Gasteiger partial charge is 0.144 e. The largest absolute Gasteiger partial charge is 0.382 e. The number of anilines is 1. The van der Waals surface area contributed by atoms with E-state index in [0.29, 0.717) is 5.82 Å². The average molecular weight is 199 g/mol. The number of aryl methyl sites for hydroxylation is 1. The van der Waals surface area contributed by atoms with Crippen molar-refractivity contribution >= 4 is 39.0 Å². The molecule has 2 aromatic rings. The van der Waals surface area contributed by atoms with Crippen molar-refractivity contribution in [2.75, 3.05) is 5.73 Å². The van der Waals surface area contributed by atoms with Crippen LogP contribution in [0.5, 0.6) is 0 Å². The summed E-state index contributed by atoms with van der Waals surface area (Å²) >= 11 is 7.31. The summed E-state index contributed by atoms with van der Waals surface area (Å²) in [6.07, 6.45) is 0. The Kier molecular flexibility index (Phi) is 1.70. The summed E-state index contributed by atoms with van der Waals surface area (Å²) in [5, 5.41) is 1.77. The first-order valence-electron chi connectivity index (χ1n) is 3.49. The lowest BCUT2D eigenvalue weighted by Gasteiger charge is -1.96. The molecule has 62 valence electrons. The number of hydrogen-bond donors (Lipinski definition) is 1. The van der Waals surface area contributed by atoms with Gasteiger partial charge in [0.2, 0.25) is 0 Å². The normalized spacial score (nSPS) is 10.8. The van der Waals surface area contributed by atoms with Crippen LogP contribution < -0.4 is 5.73 Å². The van der Waals surface area contributed by atoms with Crippen LogP contribution in [-0.2, 0) is 0 Å². The van der Waals surface area contributed by atoms with Gasteiger partial charge in [-0.2, -0.15) is 4.37 Å². The van der Waals surface area contributed by atoms with Crippen LogP contribution in [0, 0.1) is 6.92 Å². The number of rotatable bonds is 0. The van der Waals surface area contributed by atoms with Crippen LogP contribution in [0.4, 0.5) is 5.82 Å². The minimum Gasteiger partial charge on any atom is -0.382 e. The van der Waals surface area contributed by atoms with Gasteiger partial charge >= 0.3 is 0 Å². The Hall–Kier alpha value is -0.800. The first kappa shape index (κ1) is 7.83. The van der Waals surface area contributed by atoms with Gasteiger partial charge in [0.15, 0.2) is 0 Å². The highest BCUT2D eigenvalue weighted by Gasteiger charge is 2.04. The molecule has 2 N–H and O–H groups in total. The molecule has 2 rings (SSSR count). The first-order valence-corrected chi connectivity index (χ1v) is 4.64. The van der Waals surface area contributed by atoms with Gasteiger partial charge in [-0.15, -0.1) is 0 Å². The minimum absolute atomic E-state index is 0.592. The summed E-state index contributed by atoms with van der Waals surface area (Å²) in [4.78, 5) is 0. The van der Waals surface area contributed by atoms with E-state index in [1.54, 1.807) is 0 Å². The third kappa shape index (κ3) is 1.06. The van der Waals surface area contributed by atoms with Gasteiger partial charge in [0.1, 0.15) is 5.82 Å². The topological polar surface area (TPSA) is 38.9 Å². The van der Waals surface area contributed by atoms with Gasteiger partial charge in [-0.1, -0.05) is 11.6 Å². The van der Waals surface area contributed by atoms with Crippen LogP contribution in [-0.4, -0.2) is 4.37 Å². The molecule has 0 unspecified atom stereocenters. The lowest BCUT2D eigenvalue weighted by Crippen LogP contribution is -1.83. The molecule has 0 aliphatic heterocycles. The van der Waals surface area contributed by atoms with E-state index in [2.05, 4.69) is 4.37 Å². The van der Waals surface area contributed by atoms with Gasteiger partial charge in [0, 0.05) is 10.4 Å². The Morgan fingerprint density at radius 2 is 2.25 bits per heavy atom. The lowest BCUT2D eigenvalue weighted by atomic mass is 10.2. The molecule has 2 nitrogen and oxygen atoms in total. The van der Waals surface area contributed by atoms with E-state index in [4.69, 9.17) is 17.3 Å². The van der Waals surface area contributed by atoms with E-state index < -0.39 is 0 Å². The molecule has 0 fully saturated rings. The molecule has 0 saturated heterocycles. The molecule has 0 saturated carbocycles. The molecule has 0 spiro atoms. The minimum atomic E-state index is 0.592. The Bertz CT molecular complexity index is 436. The van der Waals surface area contributed by atoms with E-state index in [-0.39, 0.29) is 0 Å². The molecule has 0 atom stereocenters. The summed E-state index contributed by atoms with van der Waals surface area (Å²) in [7, 11) is 0. The molecule has 12 heavy (non-hydrogen) atoms. The van der Waals surface area contributed by atoms with Crippen LogP contribution in [0.1, 0.15) is 5.56 Å². The van der Waals surface area contributed by atoms with Gasteiger partial charge < -0.3 is 5.73 Å². The molecule has 0 aliphatic rings. The number of nitrogens with two attached hydrogens (primary N) is 1. The first-order chi connectivity index (χ1) is 5.68. The van der Waals surface area contributed by atoms with Gasteiger partial charge in [-0.3, -0.25) is 0 Å². The summed E-state index contributed by atoms with van der Waals surface area (Å²) in [6.45, 7) is 1.96. The maximum Gasteiger partial charge on any atom is 0.144 e. The third-order valence-corrected chi connectivity index (χ3v) is 3.01. The third-order valence-electron chi connectivity index (χ3n) is 1.78. The fourth-order valence-corrected chi connectivity index (χ4v) is 2.04. The van der Waals surface area contributed by atoms with E-state index >= 15 is 0 Å². The maximum atomic E-state index is 5.93. The summed E-state index contributed by atoms with van der Waals surface area (Å²) < 4.78 is 5.08. The molecular weight excluding hydrogens is 192 g/mol. The highest BCUT2D eigenvalue weighted by atomic mass is 35.5. The summed E-state index contributed by atoms with van der Waals surface area (Å²) in [5.41, 5.74) is 6.69. The number of halogens is 1. The lowest BCUT2D eigenvalue weighted by molar-refractivity contribution is 1.50. The number of aromatic nitrogens is 1. The summed E-state index contributed by atoms with van der Waals surface area (Å²) in [5.74, 6) is 0.592. The standard InChI is InChI=1S/C8H7ClN2S/c1-4-2-5-7(3-6(4)9)12-11-8(5)10/h2-3H,1H3,(H2,10,11). The van der Waals surface area contributed by atoms with Crippen LogP contribution in [0.2, 0.25) is 5.02 Å². The van der Waals surface area contributed by atoms with Crippen molar-refractivity contribution in [3.05, 3.63) is 22.7 Å². The number of fused-ring (bicyclic) bond motifs is 1. The highest BCUT2D eigenvalue weighted by molar-refractivity contribution is 7.13. The SMILES string of the molecule is Cc1cc2c(N)nsc2cc1Cl. The fourth-order valence-electron chi connectivity index (χ4n) is 1.09. The number of nitrogens with zero attached hydrogens (tertiary/aromatic N) is 1. The monoisotopic (exact) mass is 198 g/mol. The fraction of sp³-hybridized carbons (Fsp3) is 0.125. The summed E-state index contributed by atoms with van der Waals surface area (Å²) in [6, 6.07) is 3.87. The van der Waals surface area contributed by atoms with Crippen molar-refractivity contribution in [2.24, 2.45) is 0 Å². The van der Waals surface area contributed by atoms with Crippen molar-refractivity contribution in [3.8, 4) is 0 Å². The van der Waals surface area contributed by atoms with Gasteiger partial charge in [-0.25, -0.2) is 0 Å². The molecule has 0 bridgehead atoms. The number of nitrogen functional groups attached to an aromatic ring is 1. The second-order valence-corrected chi connectivity index (χ2v) is 3.88. The van der Waals surface area contributed by atoms with Crippen LogP contribution in [0.25, 0.3) is 10.1 Å². The van der Waals surface area contributed by atoms with Gasteiger partial charge in [-0.05, 0) is 36.2 Å². The molecule has 1 heterocycles. The van der Waals surface area contributed by atoms with Crippen molar-refractivity contribution in [2.45, 2.75) is 6.92 Å². The van der Waals surface area contributed by atoms with E-state index in [9.17, 15) is 0 Å². The van der Waals surface area contributed by atoms with Crippen LogP contribution in [0.15, 0.2) is 12.1 Å². The number of hydrogen-bond acceptors (Lipinski definition) is 3. The van der Waals surface area contributed by atoms with Crippen molar-refractivity contribution < 1.29 is 0 Å². The quantitative estimate of drug-likeness (QED) is 0.707. The van der Waals surface area contributed by atoms with E-state index in [1.165, 1.54) is 11.5 Å². The van der Waals surface area contributed by atoms with Crippen molar-refractivity contribution in [1.82, 2.24) is 4.37 Å². The number of benzene rings is 1. The molecule has 0 radical (unpaired) electrons. The zero-order chi connectivity index (χ0) is 8.72. The second kappa shape index (κ2) is 2.61. The Labute approximate surface area is 79.1 Å². The molecular formula is C8H7ClN2S. The maximum absolute atomic E-state index is 5.93. The highest BCUT2D eigenvalue weighted by Crippen LogP contribution is 2.29. The molecule has 4 heteroatoms. The Balaban J connectivity index is 2.87. The molecule has 0 amide bonds. The Morgan fingerprint density at radius 1 is 1.50 bits per heavy atom. The van der Waals surface area contributed by atoms with E-state index in [1.807, 2.05) is 19.1 Å². The van der Waals surface area contributed by atoms with Gasteiger partial charge in [0.05, 0.1) is 4.70 Å². The van der Waals surface area contributed by atoms with Crippen molar-refractivity contribution in [1.29, 1.82) is 0 Å². The zero-order valence-corrected chi connectivity index (χ0v) is 8.04. The molecule has 1 aromatic carbocycles. The molecule has 1 aromatic heterocycles.